The van der Waals surface area contributed by atoms with Crippen LogP contribution in [0.25, 0.3) is 16.9 Å². The number of benzene rings is 2. The molecule has 0 bridgehead atoms. The number of ether oxygens (including phenoxy) is 1. The van der Waals surface area contributed by atoms with Crippen LogP contribution in [0.3, 0.4) is 0 Å². The van der Waals surface area contributed by atoms with E-state index in [0.717, 1.165) is 11.1 Å². The number of amides is 2. The molecule has 2 aromatic carbocycles. The average molecular weight is 488 g/mol. The summed E-state index contributed by atoms with van der Waals surface area (Å²) in [6.45, 7) is 7.11. The summed E-state index contributed by atoms with van der Waals surface area (Å²) in [5.74, 6) is 0.791. The number of imidazole rings is 1. The zero-order valence-corrected chi connectivity index (χ0v) is 20.6. The van der Waals surface area contributed by atoms with E-state index < -0.39 is 11.7 Å². The predicted octanol–water partition coefficient (Wildman–Crippen LogP) is 4.45. The second-order valence-electron chi connectivity index (χ2n) is 9.24. The average Bonchev–Trinajstić information content (AvgIpc) is 3.26. The molecular weight excluding hydrogens is 458 g/mol. The zero-order chi connectivity index (χ0) is 25.7. The highest BCUT2D eigenvalue weighted by atomic mass is 16.6. The van der Waals surface area contributed by atoms with Gasteiger partial charge in [-0.15, -0.1) is 0 Å². The second kappa shape index (κ2) is 10.4. The summed E-state index contributed by atoms with van der Waals surface area (Å²) < 4.78 is 6.99. The smallest absolute Gasteiger partial charge is 0.408 e. The van der Waals surface area contributed by atoms with Crippen LogP contribution in [0.1, 0.15) is 39.3 Å². The largest absolute Gasteiger partial charge is 0.444 e. The van der Waals surface area contributed by atoms with Crippen LogP contribution < -0.4 is 16.0 Å². The van der Waals surface area contributed by atoms with Crippen molar-refractivity contribution in [3.8, 4) is 5.82 Å². The Kier molecular flexibility index (Phi) is 7.14. The fourth-order valence-electron chi connectivity index (χ4n) is 3.52. The molecule has 2 amide bonds. The molecule has 3 N–H and O–H groups in total. The van der Waals surface area contributed by atoms with Gasteiger partial charge in [-0.3, -0.25) is 9.36 Å². The lowest BCUT2D eigenvalue weighted by molar-refractivity contribution is -0.115. The van der Waals surface area contributed by atoms with Gasteiger partial charge in [-0.25, -0.2) is 14.8 Å². The van der Waals surface area contributed by atoms with Gasteiger partial charge in [0.1, 0.15) is 24.3 Å². The molecule has 2 aromatic heterocycles. The molecule has 186 valence electrons. The number of nitrogens with zero attached hydrogens (tertiary/aromatic N) is 4. The Balaban J connectivity index is 1.43. The van der Waals surface area contributed by atoms with Crippen molar-refractivity contribution < 1.29 is 14.3 Å². The molecule has 0 radical (unpaired) electrons. The first-order valence-electron chi connectivity index (χ1n) is 11.6. The minimum absolute atomic E-state index is 0.0389. The normalized spacial score (nSPS) is 12.1. The maximum absolute atomic E-state index is 12.2. The summed E-state index contributed by atoms with van der Waals surface area (Å²) in [6.07, 6.45) is 2.72. The van der Waals surface area contributed by atoms with Gasteiger partial charge in [-0.2, -0.15) is 4.98 Å². The lowest BCUT2D eigenvalue weighted by atomic mass is 10.1. The first-order chi connectivity index (χ1) is 17.2. The lowest BCUT2D eigenvalue weighted by Gasteiger charge is -2.19. The molecule has 0 aliphatic heterocycles. The molecule has 0 spiro atoms. The van der Waals surface area contributed by atoms with Gasteiger partial charge in [0.05, 0.1) is 17.1 Å². The summed E-state index contributed by atoms with van der Waals surface area (Å²) in [5, 5.41) is 8.52. The van der Waals surface area contributed by atoms with Crippen molar-refractivity contribution in [3.63, 3.8) is 0 Å². The Labute approximate surface area is 209 Å². The fourth-order valence-corrected chi connectivity index (χ4v) is 3.52. The minimum atomic E-state index is -0.649. The summed E-state index contributed by atoms with van der Waals surface area (Å²) in [6, 6.07) is 17.3. The maximum Gasteiger partial charge on any atom is 0.408 e. The molecular formula is C26H29N7O3. The van der Waals surface area contributed by atoms with Crippen molar-refractivity contribution in [3.05, 3.63) is 72.7 Å². The fraction of sp³-hybridized carbons (Fsp3) is 0.269. The van der Waals surface area contributed by atoms with Gasteiger partial charge in [0.2, 0.25) is 11.9 Å². The first-order valence-corrected chi connectivity index (χ1v) is 11.6. The molecule has 0 fully saturated rings. The molecule has 0 saturated carbocycles. The Morgan fingerprint density at radius 2 is 1.83 bits per heavy atom. The third-order valence-corrected chi connectivity index (χ3v) is 5.16. The number of aromatic nitrogens is 4. The molecule has 0 saturated heterocycles. The number of hydrogen-bond acceptors (Lipinski definition) is 7. The Hall–Kier alpha value is -4.47. The van der Waals surface area contributed by atoms with E-state index in [4.69, 9.17) is 4.74 Å². The standard InChI is InChI=1S/C26H29N7O3/c1-17(18-8-6-5-7-9-18)30-24-27-13-12-22(32-24)33-16-29-20-14-19(10-11-21(20)33)31-23(34)15-28-25(35)36-26(2,3)4/h5-14,16-17H,15H2,1-4H3,(H,28,35)(H,31,34)(H,27,30,32)/t17-/m0/s1. The van der Waals surface area contributed by atoms with E-state index >= 15 is 0 Å². The molecule has 36 heavy (non-hydrogen) atoms. The number of alkyl carbamates (subject to hydrolysis) is 1. The SMILES string of the molecule is C[C@H](Nc1nccc(-n2cnc3cc(NC(=O)CNC(=O)OC(C)(C)C)ccc32)n1)c1ccccc1. The molecule has 0 unspecified atom stereocenters. The predicted molar refractivity (Wildman–Crippen MR) is 138 cm³/mol. The van der Waals surface area contributed by atoms with Crippen molar-refractivity contribution in [2.75, 3.05) is 17.2 Å². The summed E-state index contributed by atoms with van der Waals surface area (Å²) >= 11 is 0. The highest BCUT2D eigenvalue weighted by molar-refractivity contribution is 5.95. The summed E-state index contributed by atoms with van der Waals surface area (Å²) in [5.41, 5.74) is 2.56. The second-order valence-corrected chi connectivity index (χ2v) is 9.24. The van der Waals surface area contributed by atoms with Gasteiger partial charge < -0.3 is 20.7 Å². The summed E-state index contributed by atoms with van der Waals surface area (Å²) in [7, 11) is 0. The number of rotatable bonds is 7. The van der Waals surface area contributed by atoms with Crippen molar-refractivity contribution in [2.45, 2.75) is 39.3 Å². The number of fused-ring (bicyclic) bond motifs is 1. The van der Waals surface area contributed by atoms with E-state index in [2.05, 4.69) is 50.0 Å². The van der Waals surface area contributed by atoms with Crippen LogP contribution in [0.5, 0.6) is 0 Å². The third-order valence-electron chi connectivity index (χ3n) is 5.16. The third kappa shape index (κ3) is 6.35. The Bertz CT molecular complexity index is 1360. The van der Waals surface area contributed by atoms with Crippen LogP contribution in [-0.2, 0) is 9.53 Å². The maximum atomic E-state index is 12.2. The molecule has 0 aliphatic carbocycles. The van der Waals surface area contributed by atoms with Crippen LogP contribution in [-0.4, -0.2) is 43.7 Å². The highest BCUT2D eigenvalue weighted by Crippen LogP contribution is 2.22. The van der Waals surface area contributed by atoms with Gasteiger partial charge in [0.15, 0.2) is 0 Å². The molecule has 10 nitrogen and oxygen atoms in total. The van der Waals surface area contributed by atoms with Crippen LogP contribution in [0, 0.1) is 0 Å². The minimum Gasteiger partial charge on any atom is -0.444 e. The van der Waals surface area contributed by atoms with Gasteiger partial charge in [0.25, 0.3) is 0 Å². The van der Waals surface area contributed by atoms with Gasteiger partial charge in [-0.1, -0.05) is 30.3 Å². The van der Waals surface area contributed by atoms with E-state index in [1.54, 1.807) is 51.5 Å². The van der Waals surface area contributed by atoms with Gasteiger partial charge >= 0.3 is 6.09 Å². The Morgan fingerprint density at radius 1 is 1.06 bits per heavy atom. The van der Waals surface area contributed by atoms with E-state index in [9.17, 15) is 9.59 Å². The van der Waals surface area contributed by atoms with Crippen molar-refractivity contribution in [1.29, 1.82) is 0 Å². The van der Waals surface area contributed by atoms with Gasteiger partial charge in [0, 0.05) is 11.9 Å². The van der Waals surface area contributed by atoms with Crippen LogP contribution in [0.15, 0.2) is 67.1 Å². The molecule has 4 aromatic rings. The summed E-state index contributed by atoms with van der Waals surface area (Å²) in [4.78, 5) is 37.4. The van der Waals surface area contributed by atoms with E-state index in [1.807, 2.05) is 28.8 Å². The number of anilines is 2. The highest BCUT2D eigenvalue weighted by Gasteiger charge is 2.17. The molecule has 0 aliphatic rings. The van der Waals surface area contributed by atoms with Crippen LogP contribution in [0.4, 0.5) is 16.4 Å². The monoisotopic (exact) mass is 487 g/mol. The molecule has 1 atom stereocenters. The van der Waals surface area contributed by atoms with E-state index in [-0.39, 0.29) is 18.5 Å². The van der Waals surface area contributed by atoms with Crippen molar-refractivity contribution >= 4 is 34.7 Å². The quantitative estimate of drug-likeness (QED) is 0.352. The molecule has 2 heterocycles. The van der Waals surface area contributed by atoms with E-state index in [1.165, 1.54) is 0 Å². The number of carbonyl (C=O) groups excluding carboxylic acids is 2. The topological polar surface area (TPSA) is 123 Å². The van der Waals surface area contributed by atoms with Crippen LogP contribution >= 0.6 is 0 Å². The molecule has 4 rings (SSSR count). The first kappa shape index (κ1) is 24.6. The van der Waals surface area contributed by atoms with Crippen molar-refractivity contribution in [2.24, 2.45) is 0 Å². The van der Waals surface area contributed by atoms with Gasteiger partial charge in [-0.05, 0) is 57.5 Å². The van der Waals surface area contributed by atoms with E-state index in [0.29, 0.717) is 23.0 Å². The molecule has 10 heteroatoms. The number of hydrogen-bond donors (Lipinski definition) is 3. The lowest BCUT2D eigenvalue weighted by Crippen LogP contribution is -2.37. The van der Waals surface area contributed by atoms with Crippen molar-refractivity contribution in [1.82, 2.24) is 24.8 Å². The number of carbonyl (C=O) groups is 2. The Morgan fingerprint density at radius 3 is 2.58 bits per heavy atom. The number of nitrogens with one attached hydrogen (secondary N) is 3. The van der Waals surface area contributed by atoms with Crippen LogP contribution in [0.2, 0.25) is 0 Å². The zero-order valence-electron chi connectivity index (χ0n) is 20.6.